The Morgan fingerprint density at radius 1 is 1.26 bits per heavy atom. The molecule has 0 radical (unpaired) electrons. The van der Waals surface area contributed by atoms with Crippen LogP contribution in [0.15, 0.2) is 51.8 Å². The lowest BCUT2D eigenvalue weighted by atomic mass is 9.79. The summed E-state index contributed by atoms with van der Waals surface area (Å²) in [7, 11) is -1.04. The predicted octanol–water partition coefficient (Wildman–Crippen LogP) is 3.48. The third-order valence-corrected chi connectivity index (χ3v) is 5.59. The molecule has 0 saturated heterocycles. The number of rotatable bonds is 3. The van der Waals surface area contributed by atoms with Crippen LogP contribution < -0.4 is 5.73 Å². The molecule has 0 aromatic heterocycles. The summed E-state index contributed by atoms with van der Waals surface area (Å²) >= 11 is 3.36. The number of hydrogen-bond donors (Lipinski definition) is 1. The molecule has 19 heavy (non-hydrogen) atoms. The van der Waals surface area contributed by atoms with Crippen LogP contribution in [0.4, 0.5) is 5.69 Å². The molecule has 2 aromatic rings. The molecule has 1 aliphatic carbocycles. The van der Waals surface area contributed by atoms with Gasteiger partial charge in [0, 0.05) is 21.8 Å². The van der Waals surface area contributed by atoms with Crippen molar-refractivity contribution in [3.05, 3.63) is 58.1 Å². The van der Waals surface area contributed by atoms with E-state index < -0.39 is 10.8 Å². The number of halogens is 1. The molecule has 98 valence electrons. The van der Waals surface area contributed by atoms with Gasteiger partial charge in [-0.05, 0) is 35.7 Å². The highest BCUT2D eigenvalue weighted by Gasteiger charge is 2.27. The molecular formula is C15H14BrNOS. The largest absolute Gasteiger partial charge is 0.398 e. The predicted molar refractivity (Wildman–Crippen MR) is 82.7 cm³/mol. The van der Waals surface area contributed by atoms with Crippen molar-refractivity contribution in [2.24, 2.45) is 0 Å². The normalized spacial score (nSPS) is 18.5. The number of hydrogen-bond acceptors (Lipinski definition) is 2. The van der Waals surface area contributed by atoms with Gasteiger partial charge in [-0.25, -0.2) is 0 Å². The average Bonchev–Trinajstić information content (AvgIpc) is 2.35. The van der Waals surface area contributed by atoms with Gasteiger partial charge in [-0.3, -0.25) is 4.21 Å². The van der Waals surface area contributed by atoms with Crippen LogP contribution in [0.3, 0.4) is 0 Å². The van der Waals surface area contributed by atoms with Crippen LogP contribution in [-0.2, 0) is 17.2 Å². The fraction of sp³-hybridized carbons (Fsp3) is 0.200. The Labute approximate surface area is 123 Å². The van der Waals surface area contributed by atoms with Crippen molar-refractivity contribution in [2.75, 3.05) is 11.5 Å². The molecule has 1 aliphatic rings. The second kappa shape index (κ2) is 5.10. The van der Waals surface area contributed by atoms with Crippen LogP contribution >= 0.6 is 15.9 Å². The number of fused-ring (bicyclic) bond motifs is 1. The van der Waals surface area contributed by atoms with Crippen molar-refractivity contribution in [3.63, 3.8) is 0 Å². The summed E-state index contributed by atoms with van der Waals surface area (Å²) in [6, 6.07) is 13.9. The van der Waals surface area contributed by atoms with E-state index in [9.17, 15) is 4.21 Å². The molecule has 0 heterocycles. The SMILES string of the molecule is Nc1cc(Br)ccc1S(=O)CC1Cc2ccccc21. The van der Waals surface area contributed by atoms with Gasteiger partial charge in [-0.2, -0.15) is 0 Å². The smallest absolute Gasteiger partial charge is 0.0618 e. The summed E-state index contributed by atoms with van der Waals surface area (Å²) in [6.45, 7) is 0. The lowest BCUT2D eigenvalue weighted by Gasteiger charge is -2.29. The summed E-state index contributed by atoms with van der Waals surface area (Å²) in [5.74, 6) is 1.06. The lowest BCUT2D eigenvalue weighted by Crippen LogP contribution is -2.22. The zero-order valence-electron chi connectivity index (χ0n) is 10.3. The Hall–Kier alpha value is -1.13. The van der Waals surface area contributed by atoms with E-state index in [0.717, 1.165) is 15.8 Å². The second-order valence-corrected chi connectivity index (χ2v) is 7.17. The van der Waals surface area contributed by atoms with Crippen LogP contribution in [0.2, 0.25) is 0 Å². The van der Waals surface area contributed by atoms with E-state index in [1.165, 1.54) is 11.1 Å². The first-order valence-corrected chi connectivity index (χ1v) is 8.27. The Balaban J connectivity index is 1.77. The zero-order chi connectivity index (χ0) is 13.4. The Kier molecular flexibility index (Phi) is 3.46. The highest BCUT2D eigenvalue weighted by atomic mass is 79.9. The van der Waals surface area contributed by atoms with Crippen LogP contribution in [-0.4, -0.2) is 9.96 Å². The highest BCUT2D eigenvalue weighted by molar-refractivity contribution is 9.10. The van der Waals surface area contributed by atoms with Crippen LogP contribution in [0.25, 0.3) is 0 Å². The molecule has 0 bridgehead atoms. The maximum Gasteiger partial charge on any atom is 0.0618 e. The molecule has 2 N–H and O–H groups in total. The maximum atomic E-state index is 12.4. The van der Waals surface area contributed by atoms with E-state index in [0.29, 0.717) is 17.4 Å². The van der Waals surface area contributed by atoms with Crippen LogP contribution in [0.1, 0.15) is 17.0 Å². The number of benzene rings is 2. The van der Waals surface area contributed by atoms with E-state index in [1.54, 1.807) is 0 Å². The van der Waals surface area contributed by atoms with Crippen molar-refractivity contribution < 1.29 is 4.21 Å². The van der Waals surface area contributed by atoms with Gasteiger partial charge in [0.05, 0.1) is 15.7 Å². The molecule has 2 nitrogen and oxygen atoms in total. The van der Waals surface area contributed by atoms with Crippen molar-refractivity contribution in [2.45, 2.75) is 17.2 Å². The average molecular weight is 336 g/mol. The lowest BCUT2D eigenvalue weighted by molar-refractivity contribution is 0.645. The molecule has 4 heteroatoms. The van der Waals surface area contributed by atoms with Gasteiger partial charge in [0.15, 0.2) is 0 Å². The minimum atomic E-state index is -1.04. The zero-order valence-corrected chi connectivity index (χ0v) is 12.7. The third kappa shape index (κ3) is 2.47. The molecule has 2 atom stereocenters. The van der Waals surface area contributed by atoms with Gasteiger partial charge in [0.2, 0.25) is 0 Å². The fourth-order valence-corrected chi connectivity index (χ4v) is 4.27. The molecule has 0 fully saturated rings. The van der Waals surface area contributed by atoms with Gasteiger partial charge in [-0.15, -0.1) is 0 Å². The van der Waals surface area contributed by atoms with E-state index in [1.807, 2.05) is 24.3 Å². The topological polar surface area (TPSA) is 43.1 Å². The Morgan fingerprint density at radius 2 is 2.05 bits per heavy atom. The first kappa shape index (κ1) is 12.9. The van der Waals surface area contributed by atoms with Crippen molar-refractivity contribution in [1.29, 1.82) is 0 Å². The van der Waals surface area contributed by atoms with Crippen molar-refractivity contribution in [3.8, 4) is 0 Å². The van der Waals surface area contributed by atoms with E-state index in [-0.39, 0.29) is 0 Å². The molecule has 2 unspecified atom stereocenters. The summed E-state index contributed by atoms with van der Waals surface area (Å²) in [6.07, 6.45) is 1.03. The van der Waals surface area contributed by atoms with Gasteiger partial charge in [0.1, 0.15) is 0 Å². The first-order valence-electron chi connectivity index (χ1n) is 6.16. The summed E-state index contributed by atoms with van der Waals surface area (Å²) in [5, 5.41) is 0. The fourth-order valence-electron chi connectivity index (χ4n) is 2.51. The standard InChI is InChI=1S/C15H14BrNOS/c16-12-5-6-15(14(17)8-12)19(18)9-11-7-10-3-1-2-4-13(10)11/h1-6,8,11H,7,9,17H2. The molecule has 0 amide bonds. The molecule has 3 rings (SSSR count). The van der Waals surface area contributed by atoms with Crippen molar-refractivity contribution >= 4 is 32.4 Å². The van der Waals surface area contributed by atoms with Gasteiger partial charge < -0.3 is 5.73 Å². The minimum Gasteiger partial charge on any atom is -0.398 e. The minimum absolute atomic E-state index is 0.403. The Bertz CT molecular complexity index is 656. The molecule has 0 aliphatic heterocycles. The van der Waals surface area contributed by atoms with Crippen molar-refractivity contribution in [1.82, 2.24) is 0 Å². The second-order valence-electron chi connectivity index (χ2n) is 4.79. The van der Waals surface area contributed by atoms with Gasteiger partial charge in [-0.1, -0.05) is 40.2 Å². The summed E-state index contributed by atoms with van der Waals surface area (Å²) in [4.78, 5) is 0.743. The number of anilines is 1. The molecule has 0 saturated carbocycles. The maximum absolute atomic E-state index is 12.4. The number of nitrogen functional groups attached to an aromatic ring is 1. The number of nitrogens with two attached hydrogens (primary N) is 1. The van der Waals surface area contributed by atoms with E-state index in [4.69, 9.17) is 5.73 Å². The Morgan fingerprint density at radius 3 is 2.79 bits per heavy atom. The van der Waals surface area contributed by atoms with Crippen LogP contribution in [0, 0.1) is 0 Å². The molecular weight excluding hydrogens is 322 g/mol. The summed E-state index contributed by atoms with van der Waals surface area (Å²) < 4.78 is 13.3. The van der Waals surface area contributed by atoms with E-state index >= 15 is 0 Å². The van der Waals surface area contributed by atoms with Crippen LogP contribution in [0.5, 0.6) is 0 Å². The molecule has 0 spiro atoms. The first-order chi connectivity index (χ1) is 9.15. The third-order valence-electron chi connectivity index (χ3n) is 3.53. The summed E-state index contributed by atoms with van der Waals surface area (Å²) in [5.41, 5.74) is 9.25. The van der Waals surface area contributed by atoms with Gasteiger partial charge in [0.25, 0.3) is 0 Å². The monoisotopic (exact) mass is 335 g/mol. The van der Waals surface area contributed by atoms with E-state index in [2.05, 4.69) is 34.1 Å². The molecule has 2 aromatic carbocycles. The van der Waals surface area contributed by atoms with Gasteiger partial charge >= 0.3 is 0 Å². The highest BCUT2D eigenvalue weighted by Crippen LogP contribution is 2.36. The quantitative estimate of drug-likeness (QED) is 0.872.